The van der Waals surface area contributed by atoms with Crippen LogP contribution in [-0.2, 0) is 6.54 Å². The number of carbonyl (C=O) groups excluding carboxylic acids is 1. The van der Waals surface area contributed by atoms with Crippen LogP contribution < -0.4 is 10.6 Å². The zero-order chi connectivity index (χ0) is 17.7. The fraction of sp³-hybridized carbons (Fsp3) is 0.650. The van der Waals surface area contributed by atoms with E-state index in [4.69, 9.17) is 0 Å². The molecule has 0 aliphatic carbocycles. The summed E-state index contributed by atoms with van der Waals surface area (Å²) in [5.74, 6) is 0.0555. The van der Waals surface area contributed by atoms with Crippen molar-refractivity contribution in [1.29, 1.82) is 0 Å². The monoisotopic (exact) mass is 416 g/mol. The molecular formula is C20H34Cl2N4O. The van der Waals surface area contributed by atoms with Gasteiger partial charge in [0.2, 0.25) is 0 Å². The second-order valence-corrected chi connectivity index (χ2v) is 8.02. The molecular weight excluding hydrogens is 383 g/mol. The van der Waals surface area contributed by atoms with Crippen LogP contribution in [0.2, 0.25) is 0 Å². The lowest BCUT2D eigenvalue weighted by Gasteiger charge is -2.34. The molecule has 2 saturated heterocycles. The molecule has 3 rings (SSSR count). The highest BCUT2D eigenvalue weighted by Crippen LogP contribution is 2.26. The Balaban J connectivity index is 0.00000182. The van der Waals surface area contributed by atoms with Gasteiger partial charge >= 0.3 is 0 Å². The van der Waals surface area contributed by atoms with Crippen molar-refractivity contribution in [2.75, 3.05) is 52.9 Å². The topological polar surface area (TPSA) is 47.6 Å². The third-order valence-electron chi connectivity index (χ3n) is 5.68. The Morgan fingerprint density at radius 1 is 1.15 bits per heavy atom. The van der Waals surface area contributed by atoms with Gasteiger partial charge in [-0.2, -0.15) is 0 Å². The van der Waals surface area contributed by atoms with E-state index < -0.39 is 0 Å². The van der Waals surface area contributed by atoms with E-state index in [1.165, 1.54) is 5.56 Å². The highest BCUT2D eigenvalue weighted by atomic mass is 35.5. The predicted octanol–water partition coefficient (Wildman–Crippen LogP) is 2.40. The van der Waals surface area contributed by atoms with E-state index in [0.717, 1.165) is 70.8 Å². The molecule has 2 aliphatic rings. The van der Waals surface area contributed by atoms with Crippen LogP contribution in [0, 0.1) is 5.41 Å². The number of rotatable bonds is 5. The molecule has 0 radical (unpaired) electrons. The van der Waals surface area contributed by atoms with Gasteiger partial charge in [-0.3, -0.25) is 9.69 Å². The molecule has 2 fully saturated rings. The summed E-state index contributed by atoms with van der Waals surface area (Å²) in [6.45, 7) is 10.5. The van der Waals surface area contributed by atoms with E-state index in [2.05, 4.69) is 46.5 Å². The molecule has 0 spiro atoms. The predicted molar refractivity (Wildman–Crippen MR) is 116 cm³/mol. The summed E-state index contributed by atoms with van der Waals surface area (Å²) in [5.41, 5.74) is 2.23. The molecule has 0 unspecified atom stereocenters. The molecule has 0 atom stereocenters. The first-order chi connectivity index (χ1) is 12.0. The Hall–Kier alpha value is -0.850. The molecule has 1 aromatic rings. The van der Waals surface area contributed by atoms with Crippen LogP contribution in [0.25, 0.3) is 0 Å². The Kier molecular flexibility index (Phi) is 10.1. The van der Waals surface area contributed by atoms with Crippen LogP contribution in [0.15, 0.2) is 24.3 Å². The molecule has 1 aromatic carbocycles. The molecule has 0 saturated carbocycles. The normalized spacial score (nSPS) is 20.2. The van der Waals surface area contributed by atoms with Gasteiger partial charge in [0.05, 0.1) is 0 Å². The van der Waals surface area contributed by atoms with Crippen LogP contribution in [0.4, 0.5) is 0 Å². The smallest absolute Gasteiger partial charge is 0.251 e. The van der Waals surface area contributed by atoms with Crippen LogP contribution in [0.3, 0.4) is 0 Å². The van der Waals surface area contributed by atoms with Crippen molar-refractivity contribution in [2.24, 2.45) is 5.41 Å². The SMILES string of the molecule is CN1CCN(Cc2cccc(C(=O)NCC3(C)CCNCC3)c2)CC1.Cl.Cl. The summed E-state index contributed by atoms with van der Waals surface area (Å²) in [7, 11) is 2.17. The van der Waals surface area contributed by atoms with Crippen molar-refractivity contribution in [3.63, 3.8) is 0 Å². The Morgan fingerprint density at radius 3 is 2.48 bits per heavy atom. The zero-order valence-corrected chi connectivity index (χ0v) is 18.1. The highest BCUT2D eigenvalue weighted by molar-refractivity contribution is 5.94. The number of piperidine rings is 1. The molecule has 0 aromatic heterocycles. The van der Waals surface area contributed by atoms with Crippen LogP contribution in [0.1, 0.15) is 35.7 Å². The van der Waals surface area contributed by atoms with Crippen molar-refractivity contribution in [1.82, 2.24) is 20.4 Å². The first kappa shape index (κ1) is 24.2. The maximum Gasteiger partial charge on any atom is 0.251 e. The van der Waals surface area contributed by atoms with Crippen molar-refractivity contribution in [3.8, 4) is 0 Å². The minimum atomic E-state index is 0. The molecule has 7 heteroatoms. The largest absolute Gasteiger partial charge is 0.351 e. The first-order valence-electron chi connectivity index (χ1n) is 9.53. The second kappa shape index (κ2) is 11.2. The highest BCUT2D eigenvalue weighted by Gasteiger charge is 2.27. The Bertz CT molecular complexity index is 585. The number of piperazine rings is 1. The standard InChI is InChI=1S/C20H32N4O.2ClH/c1-20(6-8-21-9-7-20)16-22-19(25)18-5-3-4-17(14-18)15-24-12-10-23(2)11-13-24;;/h3-5,14,21H,6-13,15-16H2,1-2H3,(H,22,25);2*1H. The van der Waals surface area contributed by atoms with Crippen LogP contribution >= 0.6 is 24.8 Å². The third-order valence-corrected chi connectivity index (χ3v) is 5.68. The van der Waals surface area contributed by atoms with Gasteiger partial charge in [-0.25, -0.2) is 0 Å². The van der Waals surface area contributed by atoms with Gasteiger partial charge in [-0.15, -0.1) is 24.8 Å². The van der Waals surface area contributed by atoms with Crippen molar-refractivity contribution in [3.05, 3.63) is 35.4 Å². The van der Waals surface area contributed by atoms with E-state index in [-0.39, 0.29) is 36.1 Å². The fourth-order valence-electron chi connectivity index (χ4n) is 3.68. The number of hydrogen-bond acceptors (Lipinski definition) is 4. The van der Waals surface area contributed by atoms with Gasteiger partial charge in [-0.05, 0) is 56.1 Å². The maximum absolute atomic E-state index is 12.6. The maximum atomic E-state index is 12.6. The molecule has 5 nitrogen and oxygen atoms in total. The molecule has 27 heavy (non-hydrogen) atoms. The minimum absolute atomic E-state index is 0. The van der Waals surface area contributed by atoms with E-state index >= 15 is 0 Å². The summed E-state index contributed by atoms with van der Waals surface area (Å²) >= 11 is 0. The minimum Gasteiger partial charge on any atom is -0.351 e. The molecule has 0 bridgehead atoms. The molecule has 2 aliphatic heterocycles. The van der Waals surface area contributed by atoms with Gasteiger partial charge in [0.15, 0.2) is 0 Å². The number of carbonyl (C=O) groups is 1. The number of hydrogen-bond donors (Lipinski definition) is 2. The molecule has 2 heterocycles. The Morgan fingerprint density at radius 2 is 1.81 bits per heavy atom. The Labute approximate surface area is 176 Å². The lowest BCUT2D eigenvalue weighted by atomic mass is 9.81. The van der Waals surface area contributed by atoms with E-state index in [1.54, 1.807) is 0 Å². The van der Waals surface area contributed by atoms with Gasteiger partial charge < -0.3 is 15.5 Å². The number of halogens is 2. The number of benzene rings is 1. The summed E-state index contributed by atoms with van der Waals surface area (Å²) in [6, 6.07) is 8.11. The quantitative estimate of drug-likeness (QED) is 0.773. The van der Waals surface area contributed by atoms with E-state index in [0.29, 0.717) is 0 Å². The summed E-state index contributed by atoms with van der Waals surface area (Å²) in [6.07, 6.45) is 2.24. The van der Waals surface area contributed by atoms with Crippen LogP contribution in [-0.4, -0.2) is 68.6 Å². The first-order valence-corrected chi connectivity index (χ1v) is 9.53. The van der Waals surface area contributed by atoms with Gasteiger partial charge in [0, 0.05) is 44.8 Å². The summed E-state index contributed by atoms with van der Waals surface area (Å²) in [5, 5.41) is 6.55. The fourth-order valence-corrected chi connectivity index (χ4v) is 3.68. The van der Waals surface area contributed by atoms with Gasteiger partial charge in [0.25, 0.3) is 5.91 Å². The van der Waals surface area contributed by atoms with E-state index in [9.17, 15) is 4.79 Å². The molecule has 1 amide bonds. The second-order valence-electron chi connectivity index (χ2n) is 8.02. The van der Waals surface area contributed by atoms with Gasteiger partial charge in [0.1, 0.15) is 0 Å². The summed E-state index contributed by atoms with van der Waals surface area (Å²) < 4.78 is 0. The van der Waals surface area contributed by atoms with Crippen LogP contribution in [0.5, 0.6) is 0 Å². The number of nitrogens with zero attached hydrogens (tertiary/aromatic N) is 2. The average Bonchev–Trinajstić information content (AvgIpc) is 2.63. The molecule has 154 valence electrons. The van der Waals surface area contributed by atoms with E-state index in [1.807, 2.05) is 12.1 Å². The third kappa shape index (κ3) is 7.24. The number of amides is 1. The number of likely N-dealkylation sites (N-methyl/N-ethyl adjacent to an activating group) is 1. The van der Waals surface area contributed by atoms with Gasteiger partial charge in [-0.1, -0.05) is 19.1 Å². The molecule has 2 N–H and O–H groups in total. The van der Waals surface area contributed by atoms with Crippen molar-refractivity contribution < 1.29 is 4.79 Å². The number of nitrogens with one attached hydrogen (secondary N) is 2. The average molecular weight is 417 g/mol. The van der Waals surface area contributed by atoms with Crippen molar-refractivity contribution >= 4 is 30.7 Å². The van der Waals surface area contributed by atoms with Crippen molar-refractivity contribution in [2.45, 2.75) is 26.3 Å². The lowest BCUT2D eigenvalue weighted by molar-refractivity contribution is 0.0922. The zero-order valence-electron chi connectivity index (χ0n) is 16.5. The lowest BCUT2D eigenvalue weighted by Crippen LogP contribution is -2.44. The summed E-state index contributed by atoms with van der Waals surface area (Å²) in [4.78, 5) is 17.4.